The van der Waals surface area contributed by atoms with Crippen molar-refractivity contribution in [2.75, 3.05) is 6.54 Å². The fourth-order valence-corrected chi connectivity index (χ4v) is 2.71. The minimum Gasteiger partial charge on any atom is -0.393 e. The van der Waals surface area contributed by atoms with Gasteiger partial charge in [-0.2, -0.15) is 0 Å². The highest BCUT2D eigenvalue weighted by molar-refractivity contribution is 5.41. The molecule has 0 spiro atoms. The molecule has 1 fully saturated rings. The first-order chi connectivity index (χ1) is 9.08. The third-order valence-electron chi connectivity index (χ3n) is 3.83. The number of hydrogen-bond donors (Lipinski definition) is 2. The van der Waals surface area contributed by atoms with Gasteiger partial charge in [-0.25, -0.2) is 0 Å². The molecule has 19 heavy (non-hydrogen) atoms. The maximum absolute atomic E-state index is 11.0. The van der Waals surface area contributed by atoms with Crippen LogP contribution in [0.4, 0.5) is 5.69 Å². The van der Waals surface area contributed by atoms with E-state index in [0.717, 1.165) is 25.8 Å². The Balaban J connectivity index is 1.96. The van der Waals surface area contributed by atoms with E-state index in [-0.39, 0.29) is 22.8 Å². The molecule has 0 aromatic heterocycles. The fraction of sp³-hybridized carbons (Fsp3) is 0.571. The fourth-order valence-electron chi connectivity index (χ4n) is 2.71. The van der Waals surface area contributed by atoms with Gasteiger partial charge in [0.1, 0.15) is 0 Å². The molecule has 2 N–H and O–H groups in total. The zero-order valence-electron chi connectivity index (χ0n) is 11.1. The second-order valence-corrected chi connectivity index (χ2v) is 5.28. The van der Waals surface area contributed by atoms with Crippen molar-refractivity contribution in [3.8, 4) is 0 Å². The van der Waals surface area contributed by atoms with Crippen LogP contribution < -0.4 is 5.32 Å². The first kappa shape index (κ1) is 14.0. The van der Waals surface area contributed by atoms with E-state index in [1.807, 2.05) is 13.0 Å². The van der Waals surface area contributed by atoms with Crippen molar-refractivity contribution < 1.29 is 10.0 Å². The van der Waals surface area contributed by atoms with Gasteiger partial charge in [0, 0.05) is 17.7 Å². The SMILES string of the molecule is CC(NCC1CCC(O)C1)c1ccccc1[N+](=O)[O-]. The Morgan fingerprint density at radius 1 is 1.47 bits per heavy atom. The maximum atomic E-state index is 11.0. The number of nitrogens with zero attached hydrogens (tertiary/aromatic N) is 1. The smallest absolute Gasteiger partial charge is 0.274 e. The average molecular weight is 264 g/mol. The van der Waals surface area contributed by atoms with Crippen LogP contribution in [0.15, 0.2) is 24.3 Å². The van der Waals surface area contributed by atoms with Gasteiger partial charge in [0.15, 0.2) is 0 Å². The summed E-state index contributed by atoms with van der Waals surface area (Å²) in [5.74, 6) is 0.472. The molecule has 1 aliphatic rings. The quantitative estimate of drug-likeness (QED) is 0.632. The van der Waals surface area contributed by atoms with E-state index in [2.05, 4.69) is 5.32 Å². The number of aliphatic hydroxyl groups excluding tert-OH is 1. The highest BCUT2D eigenvalue weighted by atomic mass is 16.6. The Bertz CT molecular complexity index is 450. The summed E-state index contributed by atoms with van der Waals surface area (Å²) in [6.45, 7) is 2.73. The minimum absolute atomic E-state index is 0.0562. The summed E-state index contributed by atoms with van der Waals surface area (Å²) < 4.78 is 0. The van der Waals surface area contributed by atoms with Crippen LogP contribution in [0.1, 0.15) is 37.8 Å². The van der Waals surface area contributed by atoms with Gasteiger partial charge in [-0.15, -0.1) is 0 Å². The number of nitrogens with one attached hydrogen (secondary N) is 1. The third-order valence-corrected chi connectivity index (χ3v) is 3.83. The molecule has 0 heterocycles. The van der Waals surface area contributed by atoms with Crippen molar-refractivity contribution in [3.05, 3.63) is 39.9 Å². The van der Waals surface area contributed by atoms with Gasteiger partial charge in [0.05, 0.1) is 11.0 Å². The summed E-state index contributed by atoms with van der Waals surface area (Å²) in [5.41, 5.74) is 0.875. The van der Waals surface area contributed by atoms with E-state index in [9.17, 15) is 15.2 Å². The van der Waals surface area contributed by atoms with Crippen molar-refractivity contribution in [2.24, 2.45) is 5.92 Å². The highest BCUT2D eigenvalue weighted by Gasteiger charge is 2.24. The molecule has 0 bridgehead atoms. The van der Waals surface area contributed by atoms with Crippen LogP contribution in [0.2, 0.25) is 0 Å². The molecule has 3 atom stereocenters. The molecule has 0 saturated heterocycles. The predicted octanol–water partition coefficient (Wildman–Crippen LogP) is 2.41. The maximum Gasteiger partial charge on any atom is 0.274 e. The highest BCUT2D eigenvalue weighted by Crippen LogP contribution is 2.27. The second-order valence-electron chi connectivity index (χ2n) is 5.28. The van der Waals surface area contributed by atoms with Gasteiger partial charge in [-0.3, -0.25) is 10.1 Å². The summed E-state index contributed by atoms with van der Waals surface area (Å²) in [7, 11) is 0. The summed E-state index contributed by atoms with van der Waals surface area (Å²) in [6.07, 6.45) is 2.55. The van der Waals surface area contributed by atoms with Gasteiger partial charge in [-0.05, 0) is 38.6 Å². The molecule has 104 valence electrons. The number of nitro groups is 1. The van der Waals surface area contributed by atoms with Crippen LogP contribution in [0.25, 0.3) is 0 Å². The van der Waals surface area contributed by atoms with E-state index in [1.54, 1.807) is 12.1 Å². The lowest BCUT2D eigenvalue weighted by Gasteiger charge is -2.17. The van der Waals surface area contributed by atoms with Crippen molar-refractivity contribution in [3.63, 3.8) is 0 Å². The van der Waals surface area contributed by atoms with E-state index in [1.165, 1.54) is 6.07 Å². The molecule has 0 radical (unpaired) electrons. The van der Waals surface area contributed by atoms with Gasteiger partial charge in [0.25, 0.3) is 5.69 Å². The van der Waals surface area contributed by atoms with Gasteiger partial charge in [-0.1, -0.05) is 18.2 Å². The third kappa shape index (κ3) is 3.52. The number of benzene rings is 1. The lowest BCUT2D eigenvalue weighted by molar-refractivity contribution is -0.385. The van der Waals surface area contributed by atoms with Crippen LogP contribution >= 0.6 is 0 Å². The van der Waals surface area contributed by atoms with Crippen LogP contribution in [-0.2, 0) is 0 Å². The van der Waals surface area contributed by atoms with Crippen LogP contribution in [-0.4, -0.2) is 22.7 Å². The zero-order chi connectivity index (χ0) is 13.8. The Labute approximate surface area is 112 Å². The normalized spacial score (nSPS) is 24.3. The molecular weight excluding hydrogens is 244 g/mol. The van der Waals surface area contributed by atoms with E-state index >= 15 is 0 Å². The first-order valence-electron chi connectivity index (χ1n) is 6.72. The number of aliphatic hydroxyl groups is 1. The van der Waals surface area contributed by atoms with Crippen LogP contribution in [0.5, 0.6) is 0 Å². The second kappa shape index (κ2) is 6.12. The van der Waals surface area contributed by atoms with Crippen molar-refractivity contribution in [1.82, 2.24) is 5.32 Å². The molecule has 1 aromatic carbocycles. The Morgan fingerprint density at radius 2 is 2.21 bits per heavy atom. The number of para-hydroxylation sites is 1. The lowest BCUT2D eigenvalue weighted by atomic mass is 10.0. The first-order valence-corrected chi connectivity index (χ1v) is 6.72. The van der Waals surface area contributed by atoms with E-state index in [4.69, 9.17) is 0 Å². The summed E-state index contributed by atoms with van der Waals surface area (Å²) >= 11 is 0. The Hall–Kier alpha value is -1.46. The largest absolute Gasteiger partial charge is 0.393 e. The monoisotopic (exact) mass is 264 g/mol. The van der Waals surface area contributed by atoms with Crippen molar-refractivity contribution in [2.45, 2.75) is 38.3 Å². The number of nitro benzene ring substituents is 1. The molecular formula is C14H20N2O3. The molecule has 1 aromatic rings. The molecule has 1 saturated carbocycles. The Morgan fingerprint density at radius 3 is 2.84 bits per heavy atom. The summed E-state index contributed by atoms with van der Waals surface area (Å²) in [6, 6.07) is 6.77. The molecule has 0 amide bonds. The molecule has 0 aliphatic heterocycles. The van der Waals surface area contributed by atoms with Gasteiger partial charge in [0.2, 0.25) is 0 Å². The molecule has 1 aliphatic carbocycles. The molecule has 3 unspecified atom stereocenters. The molecule has 5 heteroatoms. The Kier molecular flexibility index (Phi) is 4.50. The van der Waals surface area contributed by atoms with Crippen molar-refractivity contribution >= 4 is 5.69 Å². The van der Waals surface area contributed by atoms with E-state index < -0.39 is 0 Å². The van der Waals surface area contributed by atoms with Gasteiger partial charge < -0.3 is 10.4 Å². The summed E-state index contributed by atoms with van der Waals surface area (Å²) in [5, 5.41) is 23.8. The lowest BCUT2D eigenvalue weighted by Crippen LogP contribution is -2.25. The van der Waals surface area contributed by atoms with Crippen LogP contribution in [0, 0.1) is 16.0 Å². The molecule has 2 rings (SSSR count). The van der Waals surface area contributed by atoms with E-state index in [0.29, 0.717) is 11.5 Å². The number of rotatable bonds is 5. The van der Waals surface area contributed by atoms with Crippen LogP contribution in [0.3, 0.4) is 0 Å². The van der Waals surface area contributed by atoms with Crippen molar-refractivity contribution in [1.29, 1.82) is 0 Å². The topological polar surface area (TPSA) is 75.4 Å². The summed E-state index contributed by atoms with van der Waals surface area (Å²) in [4.78, 5) is 10.6. The minimum atomic E-state index is -0.340. The number of hydrogen-bond acceptors (Lipinski definition) is 4. The average Bonchev–Trinajstić information content (AvgIpc) is 2.81. The zero-order valence-corrected chi connectivity index (χ0v) is 11.1. The molecule has 5 nitrogen and oxygen atoms in total. The predicted molar refractivity (Wildman–Crippen MR) is 72.9 cm³/mol. The standard InChI is InChI=1S/C14H20N2O3/c1-10(15-9-11-6-7-12(17)8-11)13-4-2-3-5-14(13)16(18)19/h2-5,10-12,15,17H,6-9H2,1H3. The van der Waals surface area contributed by atoms with Gasteiger partial charge >= 0.3 is 0 Å².